The van der Waals surface area contributed by atoms with Crippen LogP contribution in [0.2, 0.25) is 0 Å². The third-order valence-corrected chi connectivity index (χ3v) is 6.61. The number of likely N-dealkylation sites (tertiary alicyclic amines) is 1. The number of ether oxygens (including phenoxy) is 2. The summed E-state index contributed by atoms with van der Waals surface area (Å²) in [6.45, 7) is 1.90. The minimum atomic E-state index is -0.509. The zero-order valence-electron chi connectivity index (χ0n) is 20.6. The van der Waals surface area contributed by atoms with E-state index in [1.165, 1.54) is 6.07 Å². The highest BCUT2D eigenvalue weighted by Gasteiger charge is 2.33. The predicted molar refractivity (Wildman–Crippen MR) is 137 cm³/mol. The van der Waals surface area contributed by atoms with Crippen molar-refractivity contribution in [1.29, 1.82) is 0 Å². The van der Waals surface area contributed by atoms with Crippen LogP contribution in [-0.2, 0) is 4.74 Å². The van der Waals surface area contributed by atoms with Gasteiger partial charge in [0.25, 0.3) is 5.91 Å². The summed E-state index contributed by atoms with van der Waals surface area (Å²) in [5.41, 5.74) is 4.02. The Morgan fingerprint density at radius 3 is 2.74 bits per heavy atom. The molecule has 2 aromatic carbocycles. The summed E-state index contributed by atoms with van der Waals surface area (Å²) in [6, 6.07) is 17.7. The maximum Gasteiger partial charge on any atom is 0.253 e. The molecule has 0 aliphatic carbocycles. The quantitative estimate of drug-likeness (QED) is 0.300. The van der Waals surface area contributed by atoms with Crippen molar-refractivity contribution in [1.82, 2.24) is 25.2 Å². The Balaban J connectivity index is 1.15. The number of hydrogen-bond donors (Lipinski definition) is 1. The first-order valence-corrected chi connectivity index (χ1v) is 12.2. The molecule has 0 bridgehead atoms. The Labute approximate surface area is 217 Å². The normalized spacial score (nSPS) is 13.6. The number of carbonyl (C=O) groups excluding carboxylic acids is 1. The van der Waals surface area contributed by atoms with E-state index in [0.29, 0.717) is 53.3 Å². The number of carbonyl (C=O) groups is 1. The van der Waals surface area contributed by atoms with E-state index in [2.05, 4.69) is 20.3 Å². The number of rotatable bonds is 8. The van der Waals surface area contributed by atoms with Gasteiger partial charge in [0.2, 0.25) is 0 Å². The topological polar surface area (TPSA) is 106 Å². The number of amides is 1. The number of nitrogens with one attached hydrogen (secondary N) is 1. The number of H-pyrrole nitrogens is 1. The van der Waals surface area contributed by atoms with Crippen molar-refractivity contribution < 1.29 is 23.2 Å². The van der Waals surface area contributed by atoms with Gasteiger partial charge < -0.3 is 18.9 Å². The number of pyridine rings is 1. The molecule has 1 aliphatic heterocycles. The van der Waals surface area contributed by atoms with E-state index in [9.17, 15) is 9.18 Å². The minimum Gasteiger partial charge on any atom is -0.488 e. The maximum absolute atomic E-state index is 14.6. The highest BCUT2D eigenvalue weighted by Crippen LogP contribution is 2.33. The number of benzene rings is 2. The molecule has 0 radical (unpaired) electrons. The van der Waals surface area contributed by atoms with Crippen LogP contribution < -0.4 is 4.74 Å². The van der Waals surface area contributed by atoms with Crippen LogP contribution >= 0.6 is 0 Å². The van der Waals surface area contributed by atoms with Crippen molar-refractivity contribution in [3.63, 3.8) is 0 Å². The second-order valence-electron chi connectivity index (χ2n) is 9.06. The van der Waals surface area contributed by atoms with E-state index in [4.69, 9.17) is 14.0 Å². The molecule has 0 spiro atoms. The molecule has 1 amide bonds. The van der Waals surface area contributed by atoms with Gasteiger partial charge in [-0.05, 0) is 30.3 Å². The van der Waals surface area contributed by atoms with Gasteiger partial charge in [-0.2, -0.15) is 5.10 Å². The number of methoxy groups -OCH3 is 1. The summed E-state index contributed by atoms with van der Waals surface area (Å²) in [6.07, 6.45) is 1.78. The fourth-order valence-electron chi connectivity index (χ4n) is 4.49. The predicted octanol–water partition coefficient (Wildman–Crippen LogP) is 4.68. The van der Waals surface area contributed by atoms with Crippen molar-refractivity contribution >= 4 is 16.8 Å². The van der Waals surface area contributed by atoms with Gasteiger partial charge in [-0.25, -0.2) is 4.39 Å². The second kappa shape index (κ2) is 10.1. The lowest BCUT2D eigenvalue weighted by atomic mass is 9.94. The summed E-state index contributed by atoms with van der Waals surface area (Å²) in [7, 11) is 1.55. The van der Waals surface area contributed by atoms with E-state index in [1.807, 2.05) is 35.2 Å². The van der Waals surface area contributed by atoms with Gasteiger partial charge >= 0.3 is 0 Å². The van der Waals surface area contributed by atoms with Crippen LogP contribution in [-0.4, -0.2) is 64.6 Å². The number of halogens is 1. The lowest BCUT2D eigenvalue weighted by molar-refractivity contribution is 0.0599. The monoisotopic (exact) mass is 513 g/mol. The Morgan fingerprint density at radius 2 is 1.97 bits per heavy atom. The van der Waals surface area contributed by atoms with Gasteiger partial charge in [-0.15, -0.1) is 0 Å². The highest BCUT2D eigenvalue weighted by molar-refractivity contribution is 5.95. The summed E-state index contributed by atoms with van der Waals surface area (Å²) in [4.78, 5) is 19.1. The average molecular weight is 514 g/mol. The van der Waals surface area contributed by atoms with Gasteiger partial charge in [0, 0.05) is 66.7 Å². The van der Waals surface area contributed by atoms with Crippen LogP contribution in [0.3, 0.4) is 0 Å². The fraction of sp³-hybridized carbons (Fsp3) is 0.214. The summed E-state index contributed by atoms with van der Waals surface area (Å²) in [5, 5.41) is 11.9. The Morgan fingerprint density at radius 1 is 1.13 bits per heavy atom. The molecule has 38 heavy (non-hydrogen) atoms. The summed E-state index contributed by atoms with van der Waals surface area (Å²) < 4.78 is 30.5. The van der Waals surface area contributed by atoms with Gasteiger partial charge in [-0.3, -0.25) is 14.9 Å². The van der Waals surface area contributed by atoms with E-state index in [1.54, 1.807) is 37.6 Å². The van der Waals surface area contributed by atoms with Crippen LogP contribution in [0.15, 0.2) is 71.4 Å². The standard InChI is InChI=1S/C28H24FN5O4/c1-36-10-11-37-25-14-24-20(12-21(25)29)27(32-31-24)26-13-23(33-38-26)17-5-7-18(8-6-17)28(35)34-15-19(16-34)22-4-2-3-9-30-22/h2-9,12-14,19H,10-11,15-16H2,1H3,(H,31,32). The number of aromatic amines is 1. The largest absolute Gasteiger partial charge is 0.488 e. The number of fused-ring (bicyclic) bond motifs is 1. The molecule has 0 saturated carbocycles. The van der Waals surface area contributed by atoms with Crippen molar-refractivity contribution in [2.24, 2.45) is 0 Å². The Hall–Kier alpha value is -4.57. The fourth-order valence-corrected chi connectivity index (χ4v) is 4.49. The smallest absolute Gasteiger partial charge is 0.253 e. The molecule has 0 unspecified atom stereocenters. The molecule has 3 aromatic heterocycles. The molecule has 0 atom stereocenters. The highest BCUT2D eigenvalue weighted by atomic mass is 19.1. The van der Waals surface area contributed by atoms with E-state index in [0.717, 1.165) is 11.3 Å². The number of hydrogen-bond acceptors (Lipinski definition) is 7. The molecule has 1 N–H and O–H groups in total. The van der Waals surface area contributed by atoms with E-state index in [-0.39, 0.29) is 24.2 Å². The molecule has 9 nitrogen and oxygen atoms in total. The SMILES string of the molecule is COCCOc1cc2[nH]nc(-c3cc(-c4ccc(C(=O)N5CC(c6ccccn6)C5)cc4)no3)c2cc1F. The summed E-state index contributed by atoms with van der Waals surface area (Å²) >= 11 is 0. The van der Waals surface area contributed by atoms with E-state index < -0.39 is 5.82 Å². The molecule has 10 heteroatoms. The third-order valence-electron chi connectivity index (χ3n) is 6.61. The average Bonchev–Trinajstić information content (AvgIpc) is 3.56. The van der Waals surface area contributed by atoms with Gasteiger partial charge in [0.15, 0.2) is 17.3 Å². The molecule has 1 aliphatic rings. The van der Waals surface area contributed by atoms with Crippen LogP contribution in [0.5, 0.6) is 5.75 Å². The zero-order valence-corrected chi connectivity index (χ0v) is 20.6. The van der Waals surface area contributed by atoms with Gasteiger partial charge in [0.1, 0.15) is 18.0 Å². The second-order valence-corrected chi connectivity index (χ2v) is 9.06. The Kier molecular flexibility index (Phi) is 6.30. The van der Waals surface area contributed by atoms with Crippen LogP contribution in [0, 0.1) is 5.82 Å². The molecule has 5 aromatic rings. The van der Waals surface area contributed by atoms with Gasteiger partial charge in [0.05, 0.1) is 12.1 Å². The van der Waals surface area contributed by atoms with Crippen molar-refractivity contribution in [3.05, 3.63) is 83.9 Å². The first-order chi connectivity index (χ1) is 18.6. The van der Waals surface area contributed by atoms with Crippen molar-refractivity contribution in [2.75, 3.05) is 33.4 Å². The molecule has 4 heterocycles. The molecule has 192 valence electrons. The van der Waals surface area contributed by atoms with Crippen LogP contribution in [0.1, 0.15) is 22.0 Å². The van der Waals surface area contributed by atoms with Crippen LogP contribution in [0.25, 0.3) is 33.6 Å². The molecule has 1 saturated heterocycles. The molecule has 6 rings (SSSR count). The van der Waals surface area contributed by atoms with Crippen molar-refractivity contribution in [2.45, 2.75) is 5.92 Å². The third kappa shape index (κ3) is 4.50. The summed E-state index contributed by atoms with van der Waals surface area (Å²) in [5.74, 6) is 0.252. The first-order valence-electron chi connectivity index (χ1n) is 12.2. The van der Waals surface area contributed by atoms with Crippen molar-refractivity contribution in [3.8, 4) is 28.5 Å². The lowest BCUT2D eigenvalue weighted by Crippen LogP contribution is -2.48. The first kappa shape index (κ1) is 23.8. The van der Waals surface area contributed by atoms with Crippen LogP contribution in [0.4, 0.5) is 4.39 Å². The minimum absolute atomic E-state index is 0.0137. The van der Waals surface area contributed by atoms with Gasteiger partial charge in [-0.1, -0.05) is 23.4 Å². The molecular weight excluding hydrogens is 489 g/mol. The van der Waals surface area contributed by atoms with E-state index >= 15 is 0 Å². The zero-order chi connectivity index (χ0) is 26.1. The molecular formula is C28H24FN5O4. The maximum atomic E-state index is 14.6. The number of aromatic nitrogens is 4. The molecule has 1 fully saturated rings. The number of nitrogens with zero attached hydrogens (tertiary/aromatic N) is 4. The Bertz CT molecular complexity index is 1580. The lowest BCUT2D eigenvalue weighted by Gasteiger charge is -2.39.